The van der Waals surface area contributed by atoms with Crippen LogP contribution in [0.4, 0.5) is 0 Å². The first-order valence-corrected chi connectivity index (χ1v) is 11.3. The molecule has 3 atom stereocenters. The fourth-order valence-corrected chi connectivity index (χ4v) is 3.88. The minimum Gasteiger partial charge on any atom is -0.486 e. The highest BCUT2D eigenvalue weighted by atomic mass is 16.7. The summed E-state index contributed by atoms with van der Waals surface area (Å²) in [6.45, 7) is 10.1. The van der Waals surface area contributed by atoms with Gasteiger partial charge in [0.15, 0.2) is 5.96 Å². The van der Waals surface area contributed by atoms with Crippen LogP contribution in [0.5, 0.6) is 5.75 Å². The first-order chi connectivity index (χ1) is 15.2. The monoisotopic (exact) mass is 447 g/mol. The van der Waals surface area contributed by atoms with Crippen molar-refractivity contribution >= 4 is 11.9 Å². The van der Waals surface area contributed by atoms with Gasteiger partial charge in [0.25, 0.3) is 0 Å². The summed E-state index contributed by atoms with van der Waals surface area (Å²) in [5.41, 5.74) is 5.82. The second kappa shape index (κ2) is 10.1. The molecule has 0 aromatic heterocycles. The number of nitrogens with zero attached hydrogens (tertiary/aromatic N) is 1. The third-order valence-corrected chi connectivity index (χ3v) is 5.82. The Kier molecular flexibility index (Phi) is 7.63. The van der Waals surface area contributed by atoms with Crippen LogP contribution in [-0.2, 0) is 20.8 Å². The summed E-state index contributed by atoms with van der Waals surface area (Å²) >= 11 is 0. The van der Waals surface area contributed by atoms with Crippen LogP contribution >= 0.6 is 0 Å². The quantitative estimate of drug-likeness (QED) is 0.280. The fourth-order valence-electron chi connectivity index (χ4n) is 3.88. The van der Waals surface area contributed by atoms with Crippen molar-refractivity contribution in [1.29, 1.82) is 0 Å². The highest BCUT2D eigenvalue weighted by Crippen LogP contribution is 2.36. The Balaban J connectivity index is 1.66. The molecule has 32 heavy (non-hydrogen) atoms. The molecule has 2 aliphatic rings. The van der Waals surface area contributed by atoms with Crippen LogP contribution in [0.2, 0.25) is 0 Å². The van der Waals surface area contributed by atoms with Crippen LogP contribution < -0.4 is 27.0 Å². The Hall–Kier alpha value is -2.36. The Bertz CT molecular complexity index is 838. The molecule has 3 rings (SSSR count). The average molecular weight is 448 g/mol. The predicted octanol–water partition coefficient (Wildman–Crippen LogP) is 1.35. The predicted molar refractivity (Wildman–Crippen MR) is 123 cm³/mol. The van der Waals surface area contributed by atoms with Crippen molar-refractivity contribution in [2.45, 2.75) is 70.2 Å². The number of carbonyl (C=O) groups is 1. The van der Waals surface area contributed by atoms with Crippen LogP contribution in [-0.4, -0.2) is 55.4 Å². The summed E-state index contributed by atoms with van der Waals surface area (Å²) < 4.78 is 11.7. The molecular weight excluding hydrogens is 410 g/mol. The van der Waals surface area contributed by atoms with Crippen molar-refractivity contribution in [2.24, 2.45) is 16.6 Å². The lowest BCUT2D eigenvalue weighted by molar-refractivity contribution is -0.196. The number of aryl methyl sites for hydroxylation is 1. The number of aliphatic imine (C=N–C) groups is 1. The zero-order valence-electron chi connectivity index (χ0n) is 19.6. The number of fused-ring (bicyclic) bond motifs is 1. The van der Waals surface area contributed by atoms with Crippen molar-refractivity contribution in [3.8, 4) is 5.75 Å². The van der Waals surface area contributed by atoms with Gasteiger partial charge in [0.1, 0.15) is 17.5 Å². The lowest BCUT2D eigenvalue weighted by Gasteiger charge is -2.38. The van der Waals surface area contributed by atoms with E-state index in [0.29, 0.717) is 13.0 Å². The van der Waals surface area contributed by atoms with Gasteiger partial charge in [-0.05, 0) is 70.7 Å². The molecule has 0 saturated heterocycles. The number of carbonyl (C=O) groups excluding carboxylic acids is 1. The van der Waals surface area contributed by atoms with Crippen LogP contribution in [0.3, 0.4) is 0 Å². The van der Waals surface area contributed by atoms with Crippen molar-refractivity contribution in [3.63, 3.8) is 0 Å². The molecule has 0 aliphatic carbocycles. The van der Waals surface area contributed by atoms with Crippen LogP contribution in [0.15, 0.2) is 23.2 Å². The lowest BCUT2D eigenvalue weighted by atomic mass is 9.88. The number of nitrogens with one attached hydrogen (secondary N) is 2. The molecule has 0 unspecified atom stereocenters. The highest BCUT2D eigenvalue weighted by molar-refractivity contribution is 5.81. The van der Waals surface area contributed by atoms with Crippen molar-refractivity contribution < 1.29 is 19.1 Å². The van der Waals surface area contributed by atoms with E-state index in [-0.39, 0.29) is 5.92 Å². The molecule has 0 spiro atoms. The minimum atomic E-state index is -1.39. The molecule has 0 fully saturated rings. The van der Waals surface area contributed by atoms with E-state index in [1.165, 1.54) is 5.56 Å². The second-order valence-corrected chi connectivity index (χ2v) is 9.58. The number of esters is 1. The topological polar surface area (TPSA) is 133 Å². The normalized spacial score (nSPS) is 22.5. The molecule has 1 aromatic carbocycles. The van der Waals surface area contributed by atoms with Gasteiger partial charge in [-0.3, -0.25) is 9.83 Å². The molecule has 0 bridgehead atoms. The van der Waals surface area contributed by atoms with E-state index in [1.54, 1.807) is 6.92 Å². The number of ether oxygens (including phenoxy) is 2. The van der Waals surface area contributed by atoms with Gasteiger partial charge in [0, 0.05) is 19.0 Å². The van der Waals surface area contributed by atoms with Gasteiger partial charge in [-0.2, -0.15) is 0 Å². The van der Waals surface area contributed by atoms with Gasteiger partial charge in [-0.1, -0.05) is 12.1 Å². The van der Waals surface area contributed by atoms with Crippen LogP contribution in [0.1, 0.15) is 57.6 Å². The molecule has 0 amide bonds. The molecule has 0 radical (unpaired) electrons. The molecule has 9 heteroatoms. The second-order valence-electron chi connectivity index (χ2n) is 9.58. The largest absolute Gasteiger partial charge is 0.486 e. The Morgan fingerprint density at radius 3 is 2.75 bits per heavy atom. The van der Waals surface area contributed by atoms with Crippen molar-refractivity contribution in [3.05, 3.63) is 29.3 Å². The van der Waals surface area contributed by atoms with Gasteiger partial charge in [-0.15, -0.1) is 0 Å². The van der Waals surface area contributed by atoms with Gasteiger partial charge in [0.05, 0.1) is 6.54 Å². The maximum absolute atomic E-state index is 12.8. The summed E-state index contributed by atoms with van der Waals surface area (Å²) in [4.78, 5) is 22.5. The summed E-state index contributed by atoms with van der Waals surface area (Å²) in [6, 6.07) is 6.19. The molecule has 178 valence electrons. The zero-order chi connectivity index (χ0) is 23.4. The Labute approximate surface area is 190 Å². The maximum Gasteiger partial charge on any atom is 0.344 e. The van der Waals surface area contributed by atoms with E-state index in [9.17, 15) is 4.79 Å². The summed E-state index contributed by atoms with van der Waals surface area (Å²) in [5, 5.41) is 6.63. The first kappa shape index (κ1) is 24.3. The maximum atomic E-state index is 12.8. The van der Waals surface area contributed by atoms with Crippen molar-refractivity contribution in [1.82, 2.24) is 10.6 Å². The van der Waals surface area contributed by atoms with E-state index in [4.69, 9.17) is 25.9 Å². The fraction of sp³-hybridized carbons (Fsp3) is 0.652. The molecule has 9 nitrogen and oxygen atoms in total. The molecule has 2 aliphatic heterocycles. The smallest absolute Gasteiger partial charge is 0.344 e. The number of hydrogen-bond donors (Lipinski definition) is 4. The Morgan fingerprint density at radius 2 is 2.12 bits per heavy atom. The summed E-state index contributed by atoms with van der Waals surface area (Å²) in [5.74, 6) is 6.88. The van der Waals surface area contributed by atoms with Gasteiger partial charge in [-0.25, -0.2) is 10.7 Å². The van der Waals surface area contributed by atoms with Gasteiger partial charge < -0.3 is 25.8 Å². The molecular formula is C23H37N5O4. The molecule has 2 heterocycles. The molecule has 1 aromatic rings. The van der Waals surface area contributed by atoms with Crippen LogP contribution in [0, 0.1) is 0 Å². The minimum absolute atomic E-state index is 0.289. The molecule has 0 saturated carbocycles. The van der Waals surface area contributed by atoms with Crippen molar-refractivity contribution in [2.75, 3.05) is 26.2 Å². The molecule has 6 N–H and O–H groups in total. The SMILES string of the molecule is CC(C)(C)OC(=O)[C@@](C)(ON)[C@H]1CCc2cc([C@@H]3CN=C(NCCCN)NC3)ccc2O1. The van der Waals surface area contributed by atoms with E-state index < -0.39 is 23.3 Å². The van der Waals surface area contributed by atoms with Gasteiger partial charge >= 0.3 is 5.97 Å². The van der Waals surface area contributed by atoms with Crippen LogP contribution in [0.25, 0.3) is 0 Å². The number of hydrogen-bond acceptors (Lipinski definition) is 9. The average Bonchev–Trinajstić information content (AvgIpc) is 2.77. The summed E-state index contributed by atoms with van der Waals surface area (Å²) in [7, 11) is 0. The number of benzene rings is 1. The summed E-state index contributed by atoms with van der Waals surface area (Å²) in [6.07, 6.45) is 1.73. The standard InChI is InChI=1S/C23H37N5O4/c1-22(2,3)31-20(29)23(4,32-25)19-9-7-16-12-15(6-8-18(16)30-19)17-13-27-21(28-14-17)26-11-5-10-24/h6,8,12,17,19H,5,7,9-11,13-14,24-25H2,1-4H3,(H2,26,27,28)/t19-,23+/m1/s1. The lowest BCUT2D eigenvalue weighted by Crippen LogP contribution is -2.56. The van der Waals surface area contributed by atoms with E-state index in [2.05, 4.69) is 27.8 Å². The number of guanidine groups is 1. The third kappa shape index (κ3) is 5.70. The number of rotatable bonds is 7. The zero-order valence-corrected chi connectivity index (χ0v) is 19.6. The third-order valence-electron chi connectivity index (χ3n) is 5.82. The first-order valence-electron chi connectivity index (χ1n) is 11.3. The van der Waals surface area contributed by atoms with E-state index in [1.807, 2.05) is 26.8 Å². The Morgan fingerprint density at radius 1 is 1.34 bits per heavy atom. The number of nitrogens with two attached hydrogens (primary N) is 2. The van der Waals surface area contributed by atoms with Gasteiger partial charge in [0.2, 0.25) is 5.60 Å². The van der Waals surface area contributed by atoms with E-state index in [0.717, 1.165) is 49.7 Å². The highest BCUT2D eigenvalue weighted by Gasteiger charge is 2.48. The van der Waals surface area contributed by atoms with E-state index >= 15 is 0 Å².